The maximum Gasteiger partial charge on any atom is 0.243 e. The monoisotopic (exact) mass is 646 g/mol. The van der Waals surface area contributed by atoms with Gasteiger partial charge in [-0.15, -0.1) is 5.10 Å². The number of hydrogen-bond donors (Lipinski definition) is 4. The molecule has 1 fully saturated rings. The number of aliphatic hydroxyl groups is 1. The maximum atomic E-state index is 12.4. The molecule has 0 spiro atoms. The quantitative estimate of drug-likeness (QED) is 0.0670. The topological polar surface area (TPSA) is 161 Å². The zero-order valence-corrected chi connectivity index (χ0v) is 26.4. The number of hydroxylamine groups is 1. The number of carbonyl (C=O) groups is 2. The molecular weight excluding hydrogens is 608 g/mol. The smallest absolute Gasteiger partial charge is 0.243 e. The number of carbonyl (C=O) groups excluding carboxylic acids is 2. The molecule has 0 bridgehead atoms. The molecule has 5 rings (SSSR count). The summed E-state index contributed by atoms with van der Waals surface area (Å²) in [4.78, 5) is 23.5. The van der Waals surface area contributed by atoms with Gasteiger partial charge in [-0.2, -0.15) is 0 Å². The zero-order chi connectivity index (χ0) is 32.3. The predicted molar refractivity (Wildman–Crippen MR) is 170 cm³/mol. The second-order valence-corrected chi connectivity index (χ2v) is 12.0. The van der Waals surface area contributed by atoms with Gasteiger partial charge in [-0.25, -0.2) is 10.2 Å². The fraction of sp³-hybridized carbons (Fsp3) is 0.364. The summed E-state index contributed by atoms with van der Waals surface area (Å²) in [6, 6.07) is 23.8. The molecule has 0 saturated carbocycles. The summed E-state index contributed by atoms with van der Waals surface area (Å²) >= 11 is 1.53. The first-order chi connectivity index (χ1) is 22.4. The number of tetrazole rings is 1. The van der Waals surface area contributed by atoms with Crippen molar-refractivity contribution in [1.82, 2.24) is 31.0 Å². The number of aliphatic hydroxyl groups excluding tert-OH is 1. The number of aromatic nitrogens is 4. The van der Waals surface area contributed by atoms with Crippen molar-refractivity contribution >= 4 is 23.6 Å². The van der Waals surface area contributed by atoms with Crippen LogP contribution in [0, 0.1) is 0 Å². The minimum Gasteiger partial charge on any atom is -0.392 e. The first-order valence-corrected chi connectivity index (χ1v) is 16.2. The van der Waals surface area contributed by atoms with Gasteiger partial charge in [0, 0.05) is 44.2 Å². The van der Waals surface area contributed by atoms with Crippen LogP contribution in [0.2, 0.25) is 0 Å². The lowest BCUT2D eigenvalue weighted by atomic mass is 9.97. The van der Waals surface area contributed by atoms with Gasteiger partial charge >= 0.3 is 0 Å². The lowest BCUT2D eigenvalue weighted by molar-refractivity contribution is -0.245. The van der Waals surface area contributed by atoms with E-state index in [0.717, 1.165) is 33.4 Å². The molecule has 13 heteroatoms. The minimum absolute atomic E-state index is 0.0161. The lowest BCUT2D eigenvalue weighted by Crippen LogP contribution is -2.31. The molecular formula is C33H38N6O6S. The normalized spacial score (nSPS) is 17.8. The van der Waals surface area contributed by atoms with Crippen molar-refractivity contribution in [3.05, 3.63) is 95.1 Å². The molecule has 12 nitrogen and oxygen atoms in total. The van der Waals surface area contributed by atoms with Crippen LogP contribution in [0.1, 0.15) is 66.8 Å². The van der Waals surface area contributed by atoms with Crippen LogP contribution in [-0.4, -0.2) is 54.2 Å². The van der Waals surface area contributed by atoms with E-state index in [2.05, 4.69) is 20.8 Å². The molecule has 46 heavy (non-hydrogen) atoms. The van der Waals surface area contributed by atoms with E-state index in [1.165, 1.54) is 11.8 Å². The van der Waals surface area contributed by atoms with E-state index in [-0.39, 0.29) is 31.1 Å². The first-order valence-electron chi connectivity index (χ1n) is 15.2. The van der Waals surface area contributed by atoms with Crippen molar-refractivity contribution in [3.8, 4) is 11.1 Å². The van der Waals surface area contributed by atoms with Crippen LogP contribution in [0.3, 0.4) is 0 Å². The Morgan fingerprint density at radius 1 is 0.957 bits per heavy atom. The average molecular weight is 647 g/mol. The largest absolute Gasteiger partial charge is 0.392 e. The third-order valence-electron chi connectivity index (χ3n) is 7.76. The highest BCUT2D eigenvalue weighted by molar-refractivity contribution is 7.99. The Kier molecular flexibility index (Phi) is 11.9. The molecule has 3 atom stereocenters. The van der Waals surface area contributed by atoms with E-state index in [9.17, 15) is 14.7 Å². The molecule has 0 aliphatic carbocycles. The number of amides is 2. The fourth-order valence-corrected chi connectivity index (χ4v) is 6.09. The van der Waals surface area contributed by atoms with Crippen molar-refractivity contribution in [3.63, 3.8) is 0 Å². The van der Waals surface area contributed by atoms with Gasteiger partial charge in [-0.05, 0) is 51.1 Å². The average Bonchev–Trinajstić information content (AvgIpc) is 3.52. The van der Waals surface area contributed by atoms with E-state index in [0.29, 0.717) is 43.1 Å². The number of benzene rings is 3. The molecule has 2 amide bonds. The van der Waals surface area contributed by atoms with Gasteiger partial charge in [-0.1, -0.05) is 84.6 Å². The van der Waals surface area contributed by atoms with Crippen molar-refractivity contribution in [2.75, 3.05) is 5.75 Å². The van der Waals surface area contributed by atoms with Crippen molar-refractivity contribution in [2.24, 2.45) is 7.05 Å². The number of ether oxygens (including phenoxy) is 2. The van der Waals surface area contributed by atoms with Gasteiger partial charge in [-0.3, -0.25) is 14.8 Å². The van der Waals surface area contributed by atoms with Crippen LogP contribution in [-0.2, 0) is 39.3 Å². The number of aryl methyl sites for hydroxylation is 1. The SMILES string of the molecule is Cn1nnnc1SCC1CC(c2ccc(CO)cc2)OC(c2ccc(-c3ccccc3CNC(=O)CCCCC(=O)NO)cc2)O1. The summed E-state index contributed by atoms with van der Waals surface area (Å²) in [5, 5.41) is 33.5. The van der Waals surface area contributed by atoms with E-state index in [4.69, 9.17) is 14.7 Å². The summed E-state index contributed by atoms with van der Waals surface area (Å²) < 4.78 is 14.6. The second-order valence-electron chi connectivity index (χ2n) is 11.0. The Bertz CT molecular complexity index is 1580. The molecule has 4 N–H and O–H groups in total. The van der Waals surface area contributed by atoms with E-state index in [1.807, 2.05) is 72.8 Å². The van der Waals surface area contributed by atoms with Crippen LogP contribution in [0.25, 0.3) is 11.1 Å². The van der Waals surface area contributed by atoms with E-state index < -0.39 is 12.2 Å². The molecule has 1 aromatic heterocycles. The van der Waals surface area contributed by atoms with Gasteiger partial charge in [0.25, 0.3) is 0 Å². The Morgan fingerprint density at radius 2 is 1.67 bits per heavy atom. The number of rotatable bonds is 14. The van der Waals surface area contributed by atoms with Crippen molar-refractivity contribution in [2.45, 2.75) is 68.9 Å². The first kappa shape index (κ1) is 33.2. The number of unbranched alkanes of at least 4 members (excludes halogenated alkanes) is 1. The van der Waals surface area contributed by atoms with Crippen LogP contribution in [0.15, 0.2) is 78.0 Å². The van der Waals surface area contributed by atoms with E-state index >= 15 is 0 Å². The molecule has 1 aliphatic heterocycles. The maximum absolute atomic E-state index is 12.4. The highest BCUT2D eigenvalue weighted by Gasteiger charge is 2.32. The molecule has 4 aromatic rings. The van der Waals surface area contributed by atoms with Crippen LogP contribution in [0.4, 0.5) is 0 Å². The summed E-state index contributed by atoms with van der Waals surface area (Å²) in [6.45, 7) is 0.359. The van der Waals surface area contributed by atoms with Crippen LogP contribution >= 0.6 is 11.8 Å². The number of nitrogens with one attached hydrogen (secondary N) is 2. The third kappa shape index (κ3) is 8.98. The van der Waals surface area contributed by atoms with Gasteiger partial charge < -0.3 is 19.9 Å². The van der Waals surface area contributed by atoms with Gasteiger partial charge in [0.15, 0.2) is 6.29 Å². The Hall–Kier alpha value is -4.14. The molecule has 3 unspecified atom stereocenters. The lowest BCUT2D eigenvalue weighted by Gasteiger charge is -2.36. The third-order valence-corrected chi connectivity index (χ3v) is 8.91. The van der Waals surface area contributed by atoms with Gasteiger partial charge in [0.1, 0.15) is 0 Å². The second kappa shape index (κ2) is 16.4. The molecule has 0 radical (unpaired) electrons. The summed E-state index contributed by atoms with van der Waals surface area (Å²) in [7, 11) is 1.81. The number of hydrogen-bond acceptors (Lipinski definition) is 10. The predicted octanol–water partition coefficient (Wildman–Crippen LogP) is 4.39. The molecule has 3 aromatic carbocycles. The Morgan fingerprint density at radius 3 is 2.37 bits per heavy atom. The Balaban J connectivity index is 1.26. The number of thioether (sulfide) groups is 1. The fourth-order valence-electron chi connectivity index (χ4n) is 5.22. The Labute approximate surface area is 271 Å². The van der Waals surface area contributed by atoms with Gasteiger partial charge in [0.2, 0.25) is 17.0 Å². The molecule has 242 valence electrons. The standard InChI is InChI=1S/C33H38N6O6S/c1-39-33(35-37-38-39)46-21-27-18-29(24-12-10-22(20-40)11-13-24)45-32(44-27)25-16-14-23(15-17-25)28-7-3-2-6-26(28)19-34-30(41)8-4-5-9-31(42)36-43/h2-3,6-7,10-17,27,29,32,40,43H,4-5,8-9,18-21H2,1H3,(H,34,41)(H,36,42). The summed E-state index contributed by atoms with van der Waals surface area (Å²) in [6.07, 6.45) is 1.29. The summed E-state index contributed by atoms with van der Waals surface area (Å²) in [5.41, 5.74) is 7.33. The highest BCUT2D eigenvalue weighted by atomic mass is 32.2. The van der Waals surface area contributed by atoms with E-state index in [1.54, 1.807) is 17.2 Å². The van der Waals surface area contributed by atoms with Crippen LogP contribution < -0.4 is 10.8 Å². The molecule has 1 aliphatic rings. The molecule has 1 saturated heterocycles. The van der Waals surface area contributed by atoms with Gasteiger partial charge in [0.05, 0.1) is 18.8 Å². The van der Waals surface area contributed by atoms with Crippen LogP contribution in [0.5, 0.6) is 0 Å². The minimum atomic E-state index is -0.591. The van der Waals surface area contributed by atoms with Crippen molar-refractivity contribution in [1.29, 1.82) is 0 Å². The number of nitrogens with zero attached hydrogens (tertiary/aromatic N) is 4. The highest BCUT2D eigenvalue weighted by Crippen LogP contribution is 2.39. The summed E-state index contributed by atoms with van der Waals surface area (Å²) in [5.74, 6) is 0.101. The molecule has 2 heterocycles. The van der Waals surface area contributed by atoms with Crippen molar-refractivity contribution < 1.29 is 29.4 Å². The zero-order valence-electron chi connectivity index (χ0n) is 25.5.